The first kappa shape index (κ1) is 15.2. The van der Waals surface area contributed by atoms with Crippen LogP contribution in [0.25, 0.3) is 17.6 Å². The van der Waals surface area contributed by atoms with Gasteiger partial charge < -0.3 is 9.47 Å². The summed E-state index contributed by atoms with van der Waals surface area (Å²) in [5.41, 5.74) is 0.772. The molecule has 0 N–H and O–H groups in total. The Hall–Kier alpha value is -2.67. The standard InChI is InChI=1S/C15H12ClN3O4/c16-11-3-1-2-10(6-11)15-17-9-19(18-15)5-4-13(20)23-12-7-14(21)22-8-12/h1-6,9,12H,7-8H2/b5-4-. The summed E-state index contributed by atoms with van der Waals surface area (Å²) in [6.45, 7) is 0.0979. The van der Waals surface area contributed by atoms with E-state index in [-0.39, 0.29) is 19.0 Å². The van der Waals surface area contributed by atoms with Crippen LogP contribution in [-0.4, -0.2) is 39.4 Å². The highest BCUT2D eigenvalue weighted by Gasteiger charge is 2.26. The van der Waals surface area contributed by atoms with E-state index in [4.69, 9.17) is 21.1 Å². The Bertz CT molecular complexity index is 772. The number of ether oxygens (including phenoxy) is 2. The molecule has 1 fully saturated rings. The maximum Gasteiger partial charge on any atom is 0.332 e. The molecule has 23 heavy (non-hydrogen) atoms. The molecular weight excluding hydrogens is 322 g/mol. The number of carbonyl (C=O) groups is 2. The molecule has 1 aliphatic rings. The lowest BCUT2D eigenvalue weighted by atomic mass is 10.2. The molecule has 1 saturated heterocycles. The normalized spacial score (nSPS) is 17.4. The van der Waals surface area contributed by atoms with E-state index < -0.39 is 12.1 Å². The van der Waals surface area contributed by atoms with Gasteiger partial charge in [0.2, 0.25) is 0 Å². The van der Waals surface area contributed by atoms with E-state index in [1.807, 2.05) is 6.07 Å². The van der Waals surface area contributed by atoms with Crippen LogP contribution in [0.1, 0.15) is 6.42 Å². The number of rotatable bonds is 4. The molecule has 0 spiro atoms. The minimum atomic E-state index is -0.576. The van der Waals surface area contributed by atoms with Gasteiger partial charge in [0.05, 0.1) is 6.42 Å². The maximum atomic E-state index is 11.6. The summed E-state index contributed by atoms with van der Waals surface area (Å²) >= 11 is 5.92. The van der Waals surface area contributed by atoms with Crippen LogP contribution in [0.5, 0.6) is 0 Å². The van der Waals surface area contributed by atoms with Crippen LogP contribution in [0, 0.1) is 0 Å². The maximum absolute atomic E-state index is 11.6. The Morgan fingerprint density at radius 2 is 2.35 bits per heavy atom. The van der Waals surface area contributed by atoms with E-state index in [0.29, 0.717) is 10.8 Å². The Kier molecular flexibility index (Phi) is 4.38. The van der Waals surface area contributed by atoms with E-state index in [2.05, 4.69) is 10.1 Å². The van der Waals surface area contributed by atoms with Gasteiger partial charge in [0.1, 0.15) is 19.0 Å². The number of benzene rings is 1. The third-order valence-corrected chi connectivity index (χ3v) is 3.30. The molecule has 8 heteroatoms. The number of carbonyl (C=O) groups excluding carboxylic acids is 2. The van der Waals surface area contributed by atoms with Crippen LogP contribution in [0.4, 0.5) is 0 Å². The van der Waals surface area contributed by atoms with Crippen molar-refractivity contribution in [3.63, 3.8) is 0 Å². The summed E-state index contributed by atoms with van der Waals surface area (Å²) < 4.78 is 11.2. The number of aromatic nitrogens is 3. The zero-order valence-electron chi connectivity index (χ0n) is 11.9. The van der Waals surface area contributed by atoms with Gasteiger partial charge in [0.25, 0.3) is 0 Å². The van der Waals surface area contributed by atoms with Crippen molar-refractivity contribution in [3.8, 4) is 11.4 Å². The van der Waals surface area contributed by atoms with Crippen molar-refractivity contribution in [3.05, 3.63) is 41.7 Å². The van der Waals surface area contributed by atoms with Gasteiger partial charge in [0, 0.05) is 22.9 Å². The lowest BCUT2D eigenvalue weighted by Gasteiger charge is -2.05. The van der Waals surface area contributed by atoms with Gasteiger partial charge in [0.15, 0.2) is 5.82 Å². The van der Waals surface area contributed by atoms with E-state index >= 15 is 0 Å². The predicted molar refractivity (Wildman–Crippen MR) is 81.3 cm³/mol. The van der Waals surface area contributed by atoms with Gasteiger partial charge in [-0.2, -0.15) is 0 Å². The minimum Gasteiger partial charge on any atom is -0.462 e. The van der Waals surface area contributed by atoms with E-state index in [1.165, 1.54) is 23.3 Å². The molecule has 0 amide bonds. The second-order valence-electron chi connectivity index (χ2n) is 4.82. The fourth-order valence-electron chi connectivity index (χ4n) is 2.01. The lowest BCUT2D eigenvalue weighted by Crippen LogP contribution is -2.16. The molecule has 3 rings (SSSR count). The molecule has 0 radical (unpaired) electrons. The lowest BCUT2D eigenvalue weighted by molar-refractivity contribution is -0.143. The first-order valence-electron chi connectivity index (χ1n) is 6.82. The van der Waals surface area contributed by atoms with Crippen LogP contribution < -0.4 is 0 Å². The Balaban J connectivity index is 1.62. The summed E-state index contributed by atoms with van der Waals surface area (Å²) in [7, 11) is 0. The quantitative estimate of drug-likeness (QED) is 0.628. The van der Waals surface area contributed by atoms with Crippen molar-refractivity contribution >= 4 is 29.7 Å². The number of cyclic esters (lactones) is 1. The molecule has 2 heterocycles. The molecular formula is C15H12ClN3O4. The average Bonchev–Trinajstić information content (AvgIpc) is 3.14. The summed E-state index contributed by atoms with van der Waals surface area (Å²) in [5, 5.41) is 4.80. The van der Waals surface area contributed by atoms with Crippen LogP contribution >= 0.6 is 11.6 Å². The molecule has 1 atom stereocenters. The number of hydrogen-bond donors (Lipinski definition) is 0. The summed E-state index contributed by atoms with van der Waals surface area (Å²) in [6.07, 6.45) is 3.64. The zero-order valence-corrected chi connectivity index (χ0v) is 12.6. The molecule has 1 aromatic heterocycles. The molecule has 118 valence electrons. The first-order valence-corrected chi connectivity index (χ1v) is 7.19. The molecule has 1 unspecified atom stereocenters. The first-order chi connectivity index (χ1) is 11.1. The fraction of sp³-hybridized carbons (Fsp3) is 0.200. The van der Waals surface area contributed by atoms with Crippen molar-refractivity contribution in [1.29, 1.82) is 0 Å². The number of hydrogen-bond acceptors (Lipinski definition) is 6. The predicted octanol–water partition coefficient (Wildman–Crippen LogP) is 1.93. The van der Waals surface area contributed by atoms with Gasteiger partial charge in [-0.3, -0.25) is 4.79 Å². The number of nitrogens with zero attached hydrogens (tertiary/aromatic N) is 3. The zero-order chi connectivity index (χ0) is 16.2. The molecule has 7 nitrogen and oxygen atoms in total. The second kappa shape index (κ2) is 6.62. The largest absolute Gasteiger partial charge is 0.462 e. The molecule has 2 aromatic rings. The molecule has 0 saturated carbocycles. The summed E-state index contributed by atoms with van der Waals surface area (Å²) in [6, 6.07) is 7.14. The van der Waals surface area contributed by atoms with E-state index in [0.717, 1.165) is 5.56 Å². The highest BCUT2D eigenvalue weighted by molar-refractivity contribution is 6.30. The van der Waals surface area contributed by atoms with E-state index in [1.54, 1.807) is 18.2 Å². The second-order valence-corrected chi connectivity index (χ2v) is 5.26. The Labute approximate surface area is 136 Å². The van der Waals surface area contributed by atoms with Crippen molar-refractivity contribution < 1.29 is 19.1 Å². The van der Waals surface area contributed by atoms with Crippen molar-refractivity contribution in [1.82, 2.24) is 14.8 Å². The van der Waals surface area contributed by atoms with Gasteiger partial charge in [-0.25, -0.2) is 14.5 Å². The van der Waals surface area contributed by atoms with Gasteiger partial charge in [-0.15, -0.1) is 5.10 Å². The van der Waals surface area contributed by atoms with Gasteiger partial charge in [-0.1, -0.05) is 23.7 Å². The third kappa shape index (κ3) is 3.95. The fourth-order valence-corrected chi connectivity index (χ4v) is 2.20. The summed E-state index contributed by atoms with van der Waals surface area (Å²) in [4.78, 5) is 26.7. The minimum absolute atomic E-state index is 0.0851. The van der Waals surface area contributed by atoms with Crippen LogP contribution in [0.3, 0.4) is 0 Å². The molecule has 1 aliphatic heterocycles. The number of halogens is 1. The monoisotopic (exact) mass is 333 g/mol. The third-order valence-electron chi connectivity index (χ3n) is 3.06. The average molecular weight is 334 g/mol. The summed E-state index contributed by atoms with van der Waals surface area (Å²) in [5.74, 6) is -0.456. The van der Waals surface area contributed by atoms with Crippen LogP contribution in [-0.2, 0) is 19.1 Å². The van der Waals surface area contributed by atoms with Gasteiger partial charge >= 0.3 is 11.9 Å². The highest BCUT2D eigenvalue weighted by Crippen LogP contribution is 2.18. The highest BCUT2D eigenvalue weighted by atomic mass is 35.5. The van der Waals surface area contributed by atoms with E-state index in [9.17, 15) is 9.59 Å². The van der Waals surface area contributed by atoms with Crippen molar-refractivity contribution in [2.24, 2.45) is 0 Å². The Morgan fingerprint density at radius 3 is 3.09 bits per heavy atom. The van der Waals surface area contributed by atoms with Crippen LogP contribution in [0.15, 0.2) is 36.7 Å². The molecule has 1 aromatic carbocycles. The van der Waals surface area contributed by atoms with Crippen LogP contribution in [0.2, 0.25) is 5.02 Å². The Morgan fingerprint density at radius 1 is 1.48 bits per heavy atom. The van der Waals surface area contributed by atoms with Crippen molar-refractivity contribution in [2.75, 3.05) is 6.61 Å². The molecule has 0 aliphatic carbocycles. The number of esters is 2. The SMILES string of the molecule is O=C(/C=C\n1cnc(-c2cccc(Cl)c2)n1)OC1COC(=O)C1. The van der Waals surface area contributed by atoms with Gasteiger partial charge in [-0.05, 0) is 12.1 Å². The van der Waals surface area contributed by atoms with Crippen molar-refractivity contribution in [2.45, 2.75) is 12.5 Å². The smallest absolute Gasteiger partial charge is 0.332 e. The topological polar surface area (TPSA) is 83.3 Å². The molecule has 0 bridgehead atoms.